The summed E-state index contributed by atoms with van der Waals surface area (Å²) in [5.41, 5.74) is 0.291. The molecule has 2 aromatic heterocycles. The molecule has 1 amide bonds. The molecule has 8 nitrogen and oxygen atoms in total. The summed E-state index contributed by atoms with van der Waals surface area (Å²) in [7, 11) is 3.39. The third-order valence-electron chi connectivity index (χ3n) is 3.25. The third kappa shape index (κ3) is 3.72. The van der Waals surface area contributed by atoms with Gasteiger partial charge in [0, 0.05) is 25.5 Å². The largest absolute Gasteiger partial charge is 0.497 e. The molecule has 0 spiro atoms. The van der Waals surface area contributed by atoms with Gasteiger partial charge in [-0.3, -0.25) is 9.48 Å². The smallest absolute Gasteiger partial charge is 0.277 e. The topological polar surface area (TPSA) is 83.2 Å². The monoisotopic (exact) mass is 327 g/mol. The van der Waals surface area contributed by atoms with Crippen molar-refractivity contribution in [2.75, 3.05) is 12.4 Å². The Morgan fingerprint density at radius 3 is 2.50 bits per heavy atom. The average molecular weight is 327 g/mol. The molecule has 0 fully saturated rings. The Bertz CT molecular complexity index is 822. The number of carbonyl (C=O) groups is 1. The summed E-state index contributed by atoms with van der Waals surface area (Å²) in [6.07, 6.45) is 3.42. The maximum atomic E-state index is 12.1. The molecule has 3 aromatic rings. The Morgan fingerprint density at radius 2 is 1.83 bits per heavy atom. The van der Waals surface area contributed by atoms with Crippen molar-refractivity contribution in [3.05, 3.63) is 54.5 Å². The summed E-state index contributed by atoms with van der Waals surface area (Å²) in [5.74, 6) is 1.60. The predicted octanol–water partition coefficient (Wildman–Crippen LogP) is 1.91. The van der Waals surface area contributed by atoms with E-state index in [4.69, 9.17) is 9.47 Å². The van der Waals surface area contributed by atoms with Crippen LogP contribution in [-0.4, -0.2) is 32.6 Å². The number of rotatable bonds is 6. The zero-order valence-electron chi connectivity index (χ0n) is 13.3. The molecule has 0 aliphatic rings. The Morgan fingerprint density at radius 1 is 1.08 bits per heavy atom. The van der Waals surface area contributed by atoms with Crippen LogP contribution in [0.15, 0.2) is 48.8 Å². The van der Waals surface area contributed by atoms with E-state index in [9.17, 15) is 4.79 Å². The molecule has 0 saturated heterocycles. The molecule has 0 saturated carbocycles. The number of benzene rings is 1. The molecule has 2 heterocycles. The highest BCUT2D eigenvalue weighted by atomic mass is 16.5. The van der Waals surface area contributed by atoms with E-state index < -0.39 is 0 Å². The predicted molar refractivity (Wildman–Crippen MR) is 87.0 cm³/mol. The first-order chi connectivity index (χ1) is 11.6. The molecule has 0 unspecified atom stereocenters. The van der Waals surface area contributed by atoms with E-state index in [1.54, 1.807) is 55.5 Å². The Hall–Kier alpha value is -3.29. The third-order valence-corrected chi connectivity index (χ3v) is 3.25. The molecule has 0 aliphatic carbocycles. The number of carbonyl (C=O) groups excluding carboxylic acids is 1. The number of hydrogen-bond acceptors (Lipinski definition) is 5. The Balaban J connectivity index is 1.57. The molecule has 0 aliphatic heterocycles. The molecule has 24 heavy (non-hydrogen) atoms. The fraction of sp³-hybridized carbons (Fsp3) is 0.188. The number of anilines is 1. The minimum absolute atomic E-state index is 0.198. The second kappa shape index (κ2) is 6.86. The fourth-order valence-electron chi connectivity index (χ4n) is 2.03. The lowest BCUT2D eigenvalue weighted by molar-refractivity contribution is 0.102. The number of amides is 1. The lowest BCUT2D eigenvalue weighted by atomic mass is 10.3. The van der Waals surface area contributed by atoms with Gasteiger partial charge in [-0.2, -0.15) is 10.2 Å². The van der Waals surface area contributed by atoms with Gasteiger partial charge in [0.1, 0.15) is 11.5 Å². The first-order valence-electron chi connectivity index (χ1n) is 7.25. The van der Waals surface area contributed by atoms with Gasteiger partial charge >= 0.3 is 0 Å². The Labute approximate surface area is 138 Å². The highest BCUT2D eigenvalue weighted by Gasteiger charge is 2.11. The number of ether oxygens (including phenoxy) is 2. The maximum Gasteiger partial charge on any atom is 0.277 e. The number of methoxy groups -OCH3 is 1. The van der Waals surface area contributed by atoms with Gasteiger partial charge in [0.05, 0.1) is 7.11 Å². The van der Waals surface area contributed by atoms with E-state index in [-0.39, 0.29) is 12.6 Å². The highest BCUT2D eigenvalue weighted by Crippen LogP contribution is 2.17. The number of nitrogens with one attached hydrogen (secondary N) is 1. The van der Waals surface area contributed by atoms with Gasteiger partial charge < -0.3 is 14.8 Å². The highest BCUT2D eigenvalue weighted by molar-refractivity contribution is 6.02. The lowest BCUT2D eigenvalue weighted by Gasteiger charge is -2.07. The van der Waals surface area contributed by atoms with E-state index in [1.807, 2.05) is 12.1 Å². The maximum absolute atomic E-state index is 12.1. The number of hydrogen-bond donors (Lipinski definition) is 1. The molecule has 1 N–H and O–H groups in total. The van der Waals surface area contributed by atoms with Crippen LogP contribution in [0.2, 0.25) is 0 Å². The zero-order chi connectivity index (χ0) is 16.9. The second-order valence-corrected chi connectivity index (χ2v) is 5.02. The van der Waals surface area contributed by atoms with Crippen LogP contribution >= 0.6 is 0 Å². The van der Waals surface area contributed by atoms with Gasteiger partial charge in [0.25, 0.3) is 5.91 Å². The van der Waals surface area contributed by atoms with Crippen LogP contribution in [0.5, 0.6) is 11.5 Å². The molecular weight excluding hydrogens is 310 g/mol. The molecule has 1 aromatic carbocycles. The van der Waals surface area contributed by atoms with Gasteiger partial charge in [-0.1, -0.05) is 0 Å². The first kappa shape index (κ1) is 15.6. The van der Waals surface area contributed by atoms with E-state index in [1.165, 1.54) is 4.68 Å². The van der Waals surface area contributed by atoms with Crippen LogP contribution in [0.1, 0.15) is 10.5 Å². The van der Waals surface area contributed by atoms with Crippen molar-refractivity contribution in [3.8, 4) is 11.5 Å². The zero-order valence-corrected chi connectivity index (χ0v) is 13.3. The minimum Gasteiger partial charge on any atom is -0.497 e. The first-order valence-corrected chi connectivity index (χ1v) is 7.25. The van der Waals surface area contributed by atoms with Crippen molar-refractivity contribution in [1.82, 2.24) is 19.6 Å². The van der Waals surface area contributed by atoms with Crippen LogP contribution in [0.25, 0.3) is 0 Å². The van der Waals surface area contributed by atoms with E-state index in [0.29, 0.717) is 17.3 Å². The number of aromatic nitrogens is 4. The van der Waals surface area contributed by atoms with Gasteiger partial charge in [0.2, 0.25) is 0 Å². The summed E-state index contributed by atoms with van der Waals surface area (Å²) in [6, 6.07) is 10.6. The van der Waals surface area contributed by atoms with Gasteiger partial charge in [-0.25, -0.2) is 4.68 Å². The summed E-state index contributed by atoms with van der Waals surface area (Å²) in [4.78, 5) is 12.1. The molecule has 3 rings (SSSR count). The number of nitrogens with zero attached hydrogens (tertiary/aromatic N) is 4. The normalized spacial score (nSPS) is 10.4. The van der Waals surface area contributed by atoms with Crippen molar-refractivity contribution in [1.29, 1.82) is 0 Å². The van der Waals surface area contributed by atoms with Crippen LogP contribution in [0.3, 0.4) is 0 Å². The van der Waals surface area contributed by atoms with Crippen molar-refractivity contribution >= 4 is 11.7 Å². The molecular formula is C16H17N5O3. The van der Waals surface area contributed by atoms with Crippen molar-refractivity contribution in [2.45, 2.75) is 6.73 Å². The molecule has 8 heteroatoms. The van der Waals surface area contributed by atoms with Crippen molar-refractivity contribution < 1.29 is 14.3 Å². The quantitative estimate of drug-likeness (QED) is 0.748. The van der Waals surface area contributed by atoms with Crippen LogP contribution in [0, 0.1) is 0 Å². The average Bonchev–Trinajstić information content (AvgIpc) is 3.22. The van der Waals surface area contributed by atoms with E-state index in [0.717, 1.165) is 5.75 Å². The molecule has 0 atom stereocenters. The second-order valence-electron chi connectivity index (χ2n) is 5.02. The van der Waals surface area contributed by atoms with Crippen molar-refractivity contribution in [2.24, 2.45) is 7.05 Å². The summed E-state index contributed by atoms with van der Waals surface area (Å²) >= 11 is 0. The minimum atomic E-state index is -0.322. The SMILES string of the molecule is COc1ccc(OCn2ccc(C(=O)Nc3ccn(C)n3)n2)cc1. The number of aryl methyl sites for hydroxylation is 1. The molecule has 124 valence electrons. The van der Waals surface area contributed by atoms with E-state index in [2.05, 4.69) is 15.5 Å². The summed E-state index contributed by atoms with van der Waals surface area (Å²) in [6.45, 7) is 0.198. The van der Waals surface area contributed by atoms with Crippen LogP contribution in [0.4, 0.5) is 5.82 Å². The molecule has 0 bridgehead atoms. The van der Waals surface area contributed by atoms with Crippen molar-refractivity contribution in [3.63, 3.8) is 0 Å². The van der Waals surface area contributed by atoms with E-state index >= 15 is 0 Å². The molecule has 0 radical (unpaired) electrons. The van der Waals surface area contributed by atoms with Gasteiger partial charge in [-0.05, 0) is 30.3 Å². The fourth-order valence-corrected chi connectivity index (χ4v) is 2.03. The van der Waals surface area contributed by atoms with Crippen LogP contribution < -0.4 is 14.8 Å². The van der Waals surface area contributed by atoms with Gasteiger partial charge in [-0.15, -0.1) is 0 Å². The summed E-state index contributed by atoms with van der Waals surface area (Å²) in [5, 5.41) is 10.9. The summed E-state index contributed by atoms with van der Waals surface area (Å²) < 4.78 is 13.8. The Kier molecular flexibility index (Phi) is 4.46. The lowest BCUT2D eigenvalue weighted by Crippen LogP contribution is -2.14. The van der Waals surface area contributed by atoms with Gasteiger partial charge in [0.15, 0.2) is 18.2 Å². The van der Waals surface area contributed by atoms with Crippen LogP contribution in [-0.2, 0) is 13.8 Å². The standard InChI is InChI=1S/C16H17N5O3/c1-20-9-8-15(19-20)17-16(22)14-7-10-21(18-14)11-24-13-5-3-12(23-2)4-6-13/h3-10H,11H2,1-2H3,(H,17,19,22).